The average molecular weight is 279 g/mol. The molecule has 3 nitrogen and oxygen atoms in total. The van der Waals surface area contributed by atoms with Crippen molar-refractivity contribution < 1.29 is 9.18 Å². The molecule has 1 amide bonds. The van der Waals surface area contributed by atoms with Crippen molar-refractivity contribution in [1.82, 2.24) is 10.3 Å². The Labute approximate surface area is 115 Å². The summed E-state index contributed by atoms with van der Waals surface area (Å²) in [6.07, 6.45) is 1.30. The van der Waals surface area contributed by atoms with Gasteiger partial charge < -0.3 is 5.32 Å². The van der Waals surface area contributed by atoms with Crippen LogP contribution in [0.2, 0.25) is 5.15 Å². The van der Waals surface area contributed by atoms with E-state index in [4.69, 9.17) is 11.6 Å². The summed E-state index contributed by atoms with van der Waals surface area (Å²) in [5.74, 6) is -1.31. The van der Waals surface area contributed by atoms with Crippen LogP contribution in [0.5, 0.6) is 0 Å². The zero-order valence-corrected chi connectivity index (χ0v) is 11.0. The molecule has 0 fully saturated rings. The first kappa shape index (κ1) is 13.5. The van der Waals surface area contributed by atoms with Crippen LogP contribution in [0, 0.1) is 12.7 Å². The van der Waals surface area contributed by atoms with E-state index in [0.29, 0.717) is 6.54 Å². The number of rotatable bonds is 3. The van der Waals surface area contributed by atoms with Gasteiger partial charge in [-0.1, -0.05) is 41.4 Å². The largest absolute Gasteiger partial charge is 0.348 e. The number of benzene rings is 1. The van der Waals surface area contributed by atoms with E-state index in [-0.39, 0.29) is 10.7 Å². The third kappa shape index (κ3) is 3.29. The highest BCUT2D eigenvalue weighted by Crippen LogP contribution is 2.15. The summed E-state index contributed by atoms with van der Waals surface area (Å²) >= 11 is 5.53. The normalized spacial score (nSPS) is 10.3. The van der Waals surface area contributed by atoms with Crippen molar-refractivity contribution in [2.75, 3.05) is 0 Å². The maximum atomic E-state index is 13.6. The Morgan fingerprint density at radius 3 is 2.95 bits per heavy atom. The quantitative estimate of drug-likeness (QED) is 0.877. The van der Waals surface area contributed by atoms with Crippen LogP contribution in [0.15, 0.2) is 36.5 Å². The number of aryl methyl sites for hydroxylation is 1. The first-order chi connectivity index (χ1) is 9.08. The molecule has 0 spiro atoms. The molecule has 1 aromatic heterocycles. The van der Waals surface area contributed by atoms with Crippen LogP contribution >= 0.6 is 11.6 Å². The van der Waals surface area contributed by atoms with Crippen molar-refractivity contribution in [3.8, 4) is 0 Å². The second-order valence-electron chi connectivity index (χ2n) is 4.14. The third-order valence-corrected chi connectivity index (χ3v) is 2.89. The molecule has 1 N–H and O–H groups in total. The Kier molecular flexibility index (Phi) is 4.12. The Hall–Kier alpha value is -1.94. The molecule has 2 aromatic rings. The first-order valence-electron chi connectivity index (χ1n) is 5.71. The lowest BCUT2D eigenvalue weighted by molar-refractivity contribution is 0.0946. The second kappa shape index (κ2) is 5.80. The van der Waals surface area contributed by atoms with Crippen LogP contribution < -0.4 is 5.32 Å². The van der Waals surface area contributed by atoms with Crippen molar-refractivity contribution in [3.63, 3.8) is 0 Å². The molecule has 0 saturated heterocycles. The highest BCUT2D eigenvalue weighted by atomic mass is 35.5. The van der Waals surface area contributed by atoms with Crippen LogP contribution in [-0.4, -0.2) is 10.9 Å². The van der Waals surface area contributed by atoms with Gasteiger partial charge in [0.25, 0.3) is 5.91 Å². The van der Waals surface area contributed by atoms with Crippen molar-refractivity contribution >= 4 is 17.5 Å². The molecule has 0 atom stereocenters. The lowest BCUT2D eigenvalue weighted by Crippen LogP contribution is -2.24. The van der Waals surface area contributed by atoms with Gasteiger partial charge in [0.05, 0.1) is 5.56 Å². The van der Waals surface area contributed by atoms with Gasteiger partial charge in [-0.3, -0.25) is 4.79 Å². The molecule has 1 aromatic carbocycles. The molecular formula is C14H12ClFN2O. The molecule has 5 heteroatoms. The summed E-state index contributed by atoms with van der Waals surface area (Å²) in [5, 5.41) is 2.34. The monoisotopic (exact) mass is 278 g/mol. The average Bonchev–Trinajstić information content (AvgIpc) is 2.39. The van der Waals surface area contributed by atoms with Gasteiger partial charge in [0.2, 0.25) is 0 Å². The maximum Gasteiger partial charge on any atom is 0.254 e. The van der Waals surface area contributed by atoms with E-state index < -0.39 is 11.7 Å². The number of pyridine rings is 1. The van der Waals surface area contributed by atoms with Crippen LogP contribution in [-0.2, 0) is 6.54 Å². The van der Waals surface area contributed by atoms with Gasteiger partial charge in [-0.25, -0.2) is 9.37 Å². The van der Waals surface area contributed by atoms with Crippen LogP contribution in [0.1, 0.15) is 21.5 Å². The predicted molar refractivity (Wildman–Crippen MR) is 71.6 cm³/mol. The molecule has 0 aliphatic heterocycles. The number of hydrogen-bond acceptors (Lipinski definition) is 2. The standard InChI is InChI=1S/C14H12ClFN2O/c1-9-3-2-4-10(7-9)8-18-14(19)11-5-6-17-13(15)12(11)16/h2-7H,8H2,1H3,(H,18,19). The maximum absolute atomic E-state index is 13.6. The predicted octanol–water partition coefficient (Wildman–Crippen LogP) is 3.11. The Bertz CT molecular complexity index is 616. The lowest BCUT2D eigenvalue weighted by Gasteiger charge is -2.07. The van der Waals surface area contributed by atoms with Crippen molar-refractivity contribution in [3.05, 3.63) is 64.2 Å². The summed E-state index contributed by atoms with van der Waals surface area (Å²) in [6, 6.07) is 9.01. The summed E-state index contributed by atoms with van der Waals surface area (Å²) in [4.78, 5) is 15.4. The van der Waals surface area contributed by atoms with Gasteiger partial charge in [0.1, 0.15) is 0 Å². The SMILES string of the molecule is Cc1cccc(CNC(=O)c2ccnc(Cl)c2F)c1. The fourth-order valence-corrected chi connectivity index (χ4v) is 1.85. The smallest absolute Gasteiger partial charge is 0.254 e. The summed E-state index contributed by atoms with van der Waals surface area (Å²) in [7, 11) is 0. The Morgan fingerprint density at radius 2 is 2.21 bits per heavy atom. The lowest BCUT2D eigenvalue weighted by atomic mass is 10.1. The summed E-state index contributed by atoms with van der Waals surface area (Å²) in [5.41, 5.74) is 1.95. The summed E-state index contributed by atoms with van der Waals surface area (Å²) in [6.45, 7) is 2.30. The van der Waals surface area contributed by atoms with Gasteiger partial charge in [-0.2, -0.15) is 0 Å². The van der Waals surface area contributed by atoms with E-state index in [1.165, 1.54) is 12.3 Å². The number of carbonyl (C=O) groups excluding carboxylic acids is 1. The molecule has 0 radical (unpaired) electrons. The number of nitrogens with zero attached hydrogens (tertiary/aromatic N) is 1. The Morgan fingerprint density at radius 1 is 1.42 bits per heavy atom. The topological polar surface area (TPSA) is 42.0 Å². The van der Waals surface area contributed by atoms with Gasteiger partial charge in [0.15, 0.2) is 11.0 Å². The van der Waals surface area contributed by atoms with Gasteiger partial charge >= 0.3 is 0 Å². The molecule has 2 rings (SSSR count). The highest BCUT2D eigenvalue weighted by molar-refractivity contribution is 6.29. The zero-order chi connectivity index (χ0) is 13.8. The van der Waals surface area contributed by atoms with Crippen LogP contribution in [0.25, 0.3) is 0 Å². The summed E-state index contributed by atoms with van der Waals surface area (Å²) < 4.78 is 13.6. The molecule has 1 heterocycles. The fourth-order valence-electron chi connectivity index (χ4n) is 1.69. The number of aromatic nitrogens is 1. The van der Waals surface area contributed by atoms with Crippen LogP contribution in [0.3, 0.4) is 0 Å². The Balaban J connectivity index is 2.08. The minimum atomic E-state index is -0.800. The molecule has 0 aliphatic carbocycles. The number of halogens is 2. The van der Waals surface area contributed by atoms with Crippen LogP contribution in [0.4, 0.5) is 4.39 Å². The minimum absolute atomic E-state index is 0.104. The molecule has 0 saturated carbocycles. The fraction of sp³-hybridized carbons (Fsp3) is 0.143. The molecule has 0 bridgehead atoms. The molecule has 19 heavy (non-hydrogen) atoms. The van der Waals surface area contributed by atoms with E-state index in [0.717, 1.165) is 11.1 Å². The third-order valence-electron chi connectivity index (χ3n) is 2.63. The number of amides is 1. The van der Waals surface area contributed by atoms with Gasteiger partial charge in [0, 0.05) is 12.7 Å². The van der Waals surface area contributed by atoms with E-state index in [9.17, 15) is 9.18 Å². The number of nitrogens with one attached hydrogen (secondary N) is 1. The highest BCUT2D eigenvalue weighted by Gasteiger charge is 2.14. The molecular weight excluding hydrogens is 267 g/mol. The van der Waals surface area contributed by atoms with E-state index in [1.54, 1.807) is 0 Å². The number of hydrogen-bond donors (Lipinski definition) is 1. The number of carbonyl (C=O) groups is 1. The van der Waals surface area contributed by atoms with Crippen molar-refractivity contribution in [2.45, 2.75) is 13.5 Å². The van der Waals surface area contributed by atoms with E-state index >= 15 is 0 Å². The zero-order valence-electron chi connectivity index (χ0n) is 10.3. The first-order valence-corrected chi connectivity index (χ1v) is 6.09. The molecule has 98 valence electrons. The van der Waals surface area contributed by atoms with E-state index in [2.05, 4.69) is 10.3 Å². The van der Waals surface area contributed by atoms with Crippen molar-refractivity contribution in [2.24, 2.45) is 0 Å². The van der Waals surface area contributed by atoms with Gasteiger partial charge in [-0.15, -0.1) is 0 Å². The molecule has 0 aliphatic rings. The van der Waals surface area contributed by atoms with E-state index in [1.807, 2.05) is 31.2 Å². The molecule has 0 unspecified atom stereocenters. The minimum Gasteiger partial charge on any atom is -0.348 e. The second-order valence-corrected chi connectivity index (χ2v) is 4.49. The van der Waals surface area contributed by atoms with Crippen molar-refractivity contribution in [1.29, 1.82) is 0 Å². The van der Waals surface area contributed by atoms with Gasteiger partial charge in [-0.05, 0) is 18.6 Å².